The number of aryl methyl sites for hydroxylation is 1. The lowest BCUT2D eigenvalue weighted by Crippen LogP contribution is -2.16. The van der Waals surface area contributed by atoms with E-state index in [0.717, 1.165) is 0 Å². The fourth-order valence-corrected chi connectivity index (χ4v) is 1.46. The van der Waals surface area contributed by atoms with E-state index in [2.05, 4.69) is 10.5 Å². The van der Waals surface area contributed by atoms with Gasteiger partial charge < -0.3 is 4.42 Å². The second kappa shape index (κ2) is 5.79. The Balaban J connectivity index is 1.96. The molecule has 0 fully saturated rings. The summed E-state index contributed by atoms with van der Waals surface area (Å²) in [6.45, 7) is 1.73. The number of benzene rings is 1. The molecule has 1 heterocycles. The Bertz CT molecular complexity index is 659. The lowest BCUT2D eigenvalue weighted by Gasteiger charge is -1.96. The van der Waals surface area contributed by atoms with Crippen molar-refractivity contribution < 1.29 is 14.1 Å². The van der Waals surface area contributed by atoms with Crippen LogP contribution in [0.4, 0.5) is 5.69 Å². The zero-order valence-corrected chi connectivity index (χ0v) is 10.6. The monoisotopic (exact) mass is 273 g/mol. The number of carbonyl (C=O) groups is 1. The van der Waals surface area contributed by atoms with Gasteiger partial charge in [0.1, 0.15) is 5.76 Å². The summed E-state index contributed by atoms with van der Waals surface area (Å²) in [4.78, 5) is 21.6. The van der Waals surface area contributed by atoms with Gasteiger partial charge in [0.25, 0.3) is 5.69 Å². The first-order valence-corrected chi connectivity index (χ1v) is 5.70. The third-order valence-corrected chi connectivity index (χ3v) is 2.45. The molecule has 20 heavy (non-hydrogen) atoms. The summed E-state index contributed by atoms with van der Waals surface area (Å²) in [5.74, 6) is 0.342. The molecule has 1 aromatic heterocycles. The number of hydrazone groups is 1. The number of rotatable bonds is 4. The van der Waals surface area contributed by atoms with Crippen LogP contribution in [-0.4, -0.2) is 17.0 Å². The highest BCUT2D eigenvalue weighted by Crippen LogP contribution is 2.10. The average molecular weight is 273 g/mol. The van der Waals surface area contributed by atoms with Crippen LogP contribution in [0.25, 0.3) is 0 Å². The molecule has 0 radical (unpaired) electrons. The fourth-order valence-electron chi connectivity index (χ4n) is 1.46. The first kappa shape index (κ1) is 13.5. The number of amides is 1. The Hall–Kier alpha value is -2.96. The molecular formula is C13H11N3O4. The van der Waals surface area contributed by atoms with E-state index >= 15 is 0 Å². The van der Waals surface area contributed by atoms with Crippen LogP contribution in [0.15, 0.2) is 45.9 Å². The van der Waals surface area contributed by atoms with Gasteiger partial charge in [-0.2, -0.15) is 5.10 Å². The Kier molecular flexibility index (Phi) is 3.90. The fraction of sp³-hybridized carbons (Fsp3) is 0.0769. The minimum Gasteiger partial charge on any atom is -0.456 e. The van der Waals surface area contributed by atoms with Gasteiger partial charge >= 0.3 is 5.91 Å². The highest BCUT2D eigenvalue weighted by Gasteiger charge is 2.08. The Morgan fingerprint density at radius 3 is 2.55 bits per heavy atom. The molecule has 0 saturated carbocycles. The van der Waals surface area contributed by atoms with Crippen molar-refractivity contribution in [2.45, 2.75) is 6.92 Å². The molecule has 0 spiro atoms. The van der Waals surface area contributed by atoms with Crippen LogP contribution in [-0.2, 0) is 0 Å². The van der Waals surface area contributed by atoms with Crippen molar-refractivity contribution in [3.8, 4) is 0 Å². The molecule has 1 aromatic carbocycles. The van der Waals surface area contributed by atoms with Gasteiger partial charge in [0.05, 0.1) is 11.1 Å². The van der Waals surface area contributed by atoms with Crippen molar-refractivity contribution in [3.05, 3.63) is 63.6 Å². The number of non-ortho nitro benzene ring substituents is 1. The van der Waals surface area contributed by atoms with Crippen LogP contribution in [0.5, 0.6) is 0 Å². The van der Waals surface area contributed by atoms with E-state index in [4.69, 9.17) is 4.42 Å². The molecule has 0 aliphatic heterocycles. The third kappa shape index (κ3) is 3.29. The summed E-state index contributed by atoms with van der Waals surface area (Å²) in [6.07, 6.45) is 1.39. The molecule has 1 N–H and O–H groups in total. The summed E-state index contributed by atoms with van der Waals surface area (Å²) in [5, 5.41) is 14.2. The summed E-state index contributed by atoms with van der Waals surface area (Å²) in [7, 11) is 0. The summed E-state index contributed by atoms with van der Waals surface area (Å²) < 4.78 is 5.13. The normalized spacial score (nSPS) is 10.7. The molecule has 0 bridgehead atoms. The Morgan fingerprint density at radius 2 is 2.00 bits per heavy atom. The molecule has 0 aliphatic rings. The maximum atomic E-state index is 11.6. The second-order valence-electron chi connectivity index (χ2n) is 3.96. The largest absolute Gasteiger partial charge is 0.456 e. The summed E-state index contributed by atoms with van der Waals surface area (Å²) in [6, 6.07) is 9.01. The number of furan rings is 1. The van der Waals surface area contributed by atoms with Crippen molar-refractivity contribution in [1.29, 1.82) is 0 Å². The van der Waals surface area contributed by atoms with Crippen molar-refractivity contribution in [3.63, 3.8) is 0 Å². The van der Waals surface area contributed by atoms with Crippen LogP contribution in [0.1, 0.15) is 21.9 Å². The highest BCUT2D eigenvalue weighted by molar-refractivity contribution is 5.92. The number of hydrogen-bond acceptors (Lipinski definition) is 5. The van der Waals surface area contributed by atoms with Gasteiger partial charge in [-0.05, 0) is 36.8 Å². The van der Waals surface area contributed by atoms with E-state index in [-0.39, 0.29) is 11.4 Å². The predicted octanol–water partition coefficient (Wildman–Crippen LogP) is 2.26. The lowest BCUT2D eigenvalue weighted by molar-refractivity contribution is -0.384. The first-order chi connectivity index (χ1) is 9.56. The number of nitrogens with one attached hydrogen (secondary N) is 1. The number of nitrogens with zero attached hydrogens (tertiary/aromatic N) is 2. The van der Waals surface area contributed by atoms with Crippen LogP contribution >= 0.6 is 0 Å². The van der Waals surface area contributed by atoms with E-state index in [9.17, 15) is 14.9 Å². The Labute approximate surface area is 114 Å². The van der Waals surface area contributed by atoms with Crippen molar-refractivity contribution in [2.75, 3.05) is 0 Å². The topological polar surface area (TPSA) is 97.7 Å². The number of hydrogen-bond donors (Lipinski definition) is 1. The van der Waals surface area contributed by atoms with Crippen molar-refractivity contribution in [2.24, 2.45) is 5.10 Å². The molecule has 0 atom stereocenters. The molecule has 7 nitrogen and oxygen atoms in total. The molecular weight excluding hydrogens is 262 g/mol. The molecule has 7 heteroatoms. The predicted molar refractivity (Wildman–Crippen MR) is 71.6 cm³/mol. The van der Waals surface area contributed by atoms with E-state index in [1.165, 1.54) is 30.5 Å². The van der Waals surface area contributed by atoms with Gasteiger partial charge in [0.15, 0.2) is 5.76 Å². The van der Waals surface area contributed by atoms with E-state index in [0.29, 0.717) is 11.3 Å². The number of carbonyl (C=O) groups excluding carboxylic acids is 1. The van der Waals surface area contributed by atoms with Gasteiger partial charge in [0.2, 0.25) is 0 Å². The quantitative estimate of drug-likeness (QED) is 0.524. The van der Waals surface area contributed by atoms with E-state index in [1.54, 1.807) is 19.1 Å². The maximum Gasteiger partial charge on any atom is 0.307 e. The zero-order valence-electron chi connectivity index (χ0n) is 10.6. The number of nitro benzene ring substituents is 1. The van der Waals surface area contributed by atoms with Crippen molar-refractivity contribution >= 4 is 17.8 Å². The van der Waals surface area contributed by atoms with Gasteiger partial charge in [-0.1, -0.05) is 0 Å². The third-order valence-electron chi connectivity index (χ3n) is 2.45. The van der Waals surface area contributed by atoms with Crippen LogP contribution in [0.3, 0.4) is 0 Å². The zero-order chi connectivity index (χ0) is 14.5. The summed E-state index contributed by atoms with van der Waals surface area (Å²) >= 11 is 0. The molecule has 2 aromatic rings. The molecule has 102 valence electrons. The summed E-state index contributed by atoms with van der Waals surface area (Å²) in [5.41, 5.74) is 2.93. The molecule has 1 amide bonds. The lowest BCUT2D eigenvalue weighted by atomic mass is 10.2. The Morgan fingerprint density at radius 1 is 1.30 bits per heavy atom. The minimum absolute atomic E-state index is 0.00255. The van der Waals surface area contributed by atoms with Crippen LogP contribution in [0.2, 0.25) is 0 Å². The minimum atomic E-state index is -0.484. The molecule has 2 rings (SSSR count). The van der Waals surface area contributed by atoms with Crippen LogP contribution in [0, 0.1) is 17.0 Å². The standard InChI is InChI=1S/C13H11N3O4/c1-9-2-7-12(20-9)13(17)15-14-8-10-3-5-11(6-4-10)16(18)19/h2-8H,1H3,(H,15,17). The number of nitro groups is 1. The van der Waals surface area contributed by atoms with Crippen LogP contribution < -0.4 is 5.43 Å². The SMILES string of the molecule is Cc1ccc(C(=O)NN=Cc2ccc([N+](=O)[O-])cc2)o1. The van der Waals surface area contributed by atoms with Gasteiger partial charge in [0, 0.05) is 12.1 Å². The van der Waals surface area contributed by atoms with Gasteiger partial charge in [-0.15, -0.1) is 0 Å². The molecule has 0 unspecified atom stereocenters. The van der Waals surface area contributed by atoms with E-state index < -0.39 is 10.8 Å². The van der Waals surface area contributed by atoms with Gasteiger partial charge in [-0.25, -0.2) is 5.43 Å². The maximum absolute atomic E-state index is 11.6. The van der Waals surface area contributed by atoms with E-state index in [1.807, 2.05) is 0 Å². The molecule has 0 aliphatic carbocycles. The first-order valence-electron chi connectivity index (χ1n) is 5.70. The van der Waals surface area contributed by atoms with Crippen molar-refractivity contribution in [1.82, 2.24) is 5.43 Å². The molecule has 0 saturated heterocycles. The smallest absolute Gasteiger partial charge is 0.307 e. The highest BCUT2D eigenvalue weighted by atomic mass is 16.6. The van der Waals surface area contributed by atoms with Gasteiger partial charge in [-0.3, -0.25) is 14.9 Å². The average Bonchev–Trinajstić information content (AvgIpc) is 2.86. The second-order valence-corrected chi connectivity index (χ2v) is 3.96.